The summed E-state index contributed by atoms with van der Waals surface area (Å²) >= 11 is 3.13. The minimum absolute atomic E-state index is 0.0156. The van der Waals surface area contributed by atoms with E-state index in [9.17, 15) is 9.59 Å². The van der Waals surface area contributed by atoms with Gasteiger partial charge in [-0.15, -0.1) is 0 Å². The van der Waals surface area contributed by atoms with Crippen LogP contribution in [0.4, 0.5) is 5.69 Å². The largest absolute Gasteiger partial charge is 0.444 e. The highest BCUT2D eigenvalue weighted by Gasteiger charge is 2.23. The highest BCUT2D eigenvalue weighted by atomic mass is 79.9. The van der Waals surface area contributed by atoms with E-state index in [1.807, 2.05) is 0 Å². The fourth-order valence-corrected chi connectivity index (χ4v) is 1.78. The number of nitrogens with zero attached hydrogens (tertiary/aromatic N) is 2. The van der Waals surface area contributed by atoms with Gasteiger partial charge in [-0.25, -0.2) is 4.68 Å². The quantitative estimate of drug-likeness (QED) is 0.836. The number of aromatic nitrogens is 2. The van der Waals surface area contributed by atoms with Crippen molar-refractivity contribution in [1.29, 1.82) is 0 Å². The predicted octanol–water partition coefficient (Wildman–Crippen LogP) is 3.04. The highest BCUT2D eigenvalue weighted by molar-refractivity contribution is 9.10. The summed E-state index contributed by atoms with van der Waals surface area (Å²) in [5.41, 5.74) is -0.0963. The second kappa shape index (κ2) is 6.35. The van der Waals surface area contributed by atoms with E-state index in [1.54, 1.807) is 39.1 Å². The van der Waals surface area contributed by atoms with Crippen LogP contribution in [-0.4, -0.2) is 21.7 Å². The first-order valence-corrected chi connectivity index (χ1v) is 7.31. The van der Waals surface area contributed by atoms with E-state index < -0.39 is 11.3 Å². The van der Waals surface area contributed by atoms with Crippen molar-refractivity contribution in [2.24, 2.45) is 5.41 Å². The zero-order valence-electron chi connectivity index (χ0n) is 12.4. The predicted molar refractivity (Wildman–Crippen MR) is 82.1 cm³/mol. The molecular formula is C14H16BrN3O4. The van der Waals surface area contributed by atoms with E-state index in [4.69, 9.17) is 9.15 Å². The van der Waals surface area contributed by atoms with Crippen molar-refractivity contribution in [1.82, 2.24) is 9.78 Å². The maximum absolute atomic E-state index is 11.9. The Morgan fingerprint density at radius 3 is 2.73 bits per heavy atom. The minimum atomic E-state index is -0.573. The summed E-state index contributed by atoms with van der Waals surface area (Å²) in [5, 5.41) is 6.64. The maximum atomic E-state index is 11.9. The summed E-state index contributed by atoms with van der Waals surface area (Å²) in [6, 6.07) is 3.18. The Labute approximate surface area is 135 Å². The molecule has 0 bridgehead atoms. The summed E-state index contributed by atoms with van der Waals surface area (Å²) in [6.07, 6.45) is 3.02. The van der Waals surface area contributed by atoms with Gasteiger partial charge in [-0.05, 0) is 48.8 Å². The van der Waals surface area contributed by atoms with E-state index in [-0.39, 0.29) is 18.5 Å². The molecule has 0 aliphatic rings. The third-order valence-electron chi connectivity index (χ3n) is 2.63. The van der Waals surface area contributed by atoms with Crippen LogP contribution in [0.25, 0.3) is 0 Å². The van der Waals surface area contributed by atoms with Gasteiger partial charge in [-0.1, -0.05) is 0 Å². The Kier molecular flexibility index (Phi) is 4.70. The number of amides is 1. The van der Waals surface area contributed by atoms with Crippen LogP contribution >= 0.6 is 15.9 Å². The highest BCUT2D eigenvalue weighted by Crippen LogP contribution is 2.17. The first kappa shape index (κ1) is 16.3. The van der Waals surface area contributed by atoms with Crippen molar-refractivity contribution in [3.8, 4) is 0 Å². The van der Waals surface area contributed by atoms with Crippen LogP contribution in [0.1, 0.15) is 31.3 Å². The first-order valence-electron chi connectivity index (χ1n) is 6.52. The molecule has 0 unspecified atom stereocenters. The molecule has 1 amide bonds. The van der Waals surface area contributed by atoms with Crippen molar-refractivity contribution >= 4 is 33.5 Å². The third kappa shape index (κ3) is 4.20. The summed E-state index contributed by atoms with van der Waals surface area (Å²) in [7, 11) is 0. The Bertz CT molecular complexity index is 684. The van der Waals surface area contributed by atoms with E-state index in [0.717, 1.165) is 0 Å². The molecule has 2 aromatic rings. The molecule has 7 nitrogen and oxygen atoms in total. The van der Waals surface area contributed by atoms with E-state index in [1.165, 1.54) is 10.9 Å². The van der Waals surface area contributed by atoms with Gasteiger partial charge in [0, 0.05) is 0 Å². The van der Waals surface area contributed by atoms with Gasteiger partial charge in [0.25, 0.3) is 5.91 Å². The van der Waals surface area contributed by atoms with Gasteiger partial charge in [0.2, 0.25) is 0 Å². The summed E-state index contributed by atoms with van der Waals surface area (Å²) in [4.78, 5) is 23.5. The number of furan rings is 1. The smallest absolute Gasteiger partial charge is 0.313 e. The number of hydrogen-bond acceptors (Lipinski definition) is 5. The molecule has 2 aromatic heterocycles. The van der Waals surface area contributed by atoms with E-state index >= 15 is 0 Å². The number of ether oxygens (including phenoxy) is 1. The van der Waals surface area contributed by atoms with Crippen molar-refractivity contribution in [3.05, 3.63) is 35.0 Å². The SMILES string of the molecule is CC(C)(C)C(=O)OCn1cc(NC(=O)c2ccc(Br)o2)cn1. The van der Waals surface area contributed by atoms with Gasteiger partial charge in [0.15, 0.2) is 17.2 Å². The van der Waals surface area contributed by atoms with Gasteiger partial charge >= 0.3 is 5.97 Å². The topological polar surface area (TPSA) is 86.4 Å². The fraction of sp³-hybridized carbons (Fsp3) is 0.357. The van der Waals surface area contributed by atoms with Gasteiger partial charge in [0.05, 0.1) is 23.5 Å². The van der Waals surface area contributed by atoms with Crippen molar-refractivity contribution in [3.63, 3.8) is 0 Å². The third-order valence-corrected chi connectivity index (χ3v) is 3.05. The number of hydrogen-bond donors (Lipinski definition) is 1. The van der Waals surface area contributed by atoms with Gasteiger partial charge in [0.1, 0.15) is 0 Å². The molecule has 2 rings (SSSR count). The lowest BCUT2D eigenvalue weighted by Gasteiger charge is -2.16. The Hall–Kier alpha value is -2.09. The molecule has 22 heavy (non-hydrogen) atoms. The number of carbonyl (C=O) groups excluding carboxylic acids is 2. The summed E-state index contributed by atoms with van der Waals surface area (Å²) < 4.78 is 12.2. The Morgan fingerprint density at radius 2 is 2.14 bits per heavy atom. The molecule has 0 fully saturated rings. The molecule has 8 heteroatoms. The molecule has 0 spiro atoms. The van der Waals surface area contributed by atoms with Crippen molar-refractivity contribution in [2.45, 2.75) is 27.5 Å². The van der Waals surface area contributed by atoms with Crippen LogP contribution in [0.2, 0.25) is 0 Å². The van der Waals surface area contributed by atoms with Crippen molar-refractivity contribution < 1.29 is 18.7 Å². The molecule has 118 valence electrons. The van der Waals surface area contributed by atoms with Crippen LogP contribution in [0.15, 0.2) is 33.6 Å². The van der Waals surface area contributed by atoms with Crippen LogP contribution < -0.4 is 5.32 Å². The van der Waals surface area contributed by atoms with Crippen molar-refractivity contribution in [2.75, 3.05) is 5.32 Å². The first-order chi connectivity index (χ1) is 10.3. The Morgan fingerprint density at radius 1 is 1.41 bits per heavy atom. The monoisotopic (exact) mass is 369 g/mol. The van der Waals surface area contributed by atoms with Crippen LogP contribution in [-0.2, 0) is 16.3 Å². The Balaban J connectivity index is 1.91. The zero-order valence-corrected chi connectivity index (χ0v) is 14.0. The number of anilines is 1. The van der Waals surface area contributed by atoms with E-state index in [2.05, 4.69) is 26.3 Å². The van der Waals surface area contributed by atoms with Crippen LogP contribution in [0, 0.1) is 5.41 Å². The number of nitrogens with one attached hydrogen (secondary N) is 1. The van der Waals surface area contributed by atoms with Crippen LogP contribution in [0.3, 0.4) is 0 Å². The molecule has 0 aliphatic carbocycles. The second-order valence-electron chi connectivity index (χ2n) is 5.64. The fourth-order valence-electron chi connectivity index (χ4n) is 1.47. The lowest BCUT2D eigenvalue weighted by atomic mass is 9.98. The average molecular weight is 370 g/mol. The van der Waals surface area contributed by atoms with Gasteiger partial charge < -0.3 is 14.5 Å². The molecule has 0 radical (unpaired) electrons. The molecule has 0 saturated heterocycles. The zero-order chi connectivity index (χ0) is 16.3. The molecular weight excluding hydrogens is 354 g/mol. The van der Waals surface area contributed by atoms with E-state index in [0.29, 0.717) is 10.4 Å². The average Bonchev–Trinajstić information content (AvgIpc) is 3.04. The number of carbonyl (C=O) groups is 2. The molecule has 0 atom stereocenters. The van der Waals surface area contributed by atoms with Crippen LogP contribution in [0.5, 0.6) is 0 Å². The molecule has 0 aliphatic heterocycles. The number of rotatable bonds is 4. The molecule has 0 aromatic carbocycles. The normalized spacial score (nSPS) is 11.3. The summed E-state index contributed by atoms with van der Waals surface area (Å²) in [6.45, 7) is 5.29. The summed E-state index contributed by atoms with van der Waals surface area (Å²) in [5.74, 6) is -0.537. The standard InChI is InChI=1S/C14H16BrN3O4/c1-14(2,3)13(20)21-8-18-7-9(6-16-18)17-12(19)10-4-5-11(15)22-10/h4-7H,8H2,1-3H3,(H,17,19). The second-order valence-corrected chi connectivity index (χ2v) is 6.42. The molecule has 2 heterocycles. The molecule has 0 saturated carbocycles. The number of esters is 1. The maximum Gasteiger partial charge on any atom is 0.313 e. The number of halogens is 1. The minimum Gasteiger partial charge on any atom is -0.444 e. The van der Waals surface area contributed by atoms with Gasteiger partial charge in [-0.2, -0.15) is 5.10 Å². The lowest BCUT2D eigenvalue weighted by Crippen LogP contribution is -2.24. The van der Waals surface area contributed by atoms with Gasteiger partial charge in [-0.3, -0.25) is 9.59 Å². The molecule has 1 N–H and O–H groups in total. The lowest BCUT2D eigenvalue weighted by molar-refractivity contribution is -0.157.